The average molecular weight is 290 g/mol. The molecule has 18 heavy (non-hydrogen) atoms. The SMILES string of the molecule is CCNc1nc(N2CCOCC2C)c(Cl)cc1Cl. The minimum Gasteiger partial charge on any atom is -0.377 e. The van der Waals surface area contributed by atoms with Crippen molar-refractivity contribution in [3.63, 3.8) is 0 Å². The number of aromatic nitrogens is 1. The van der Waals surface area contributed by atoms with Gasteiger partial charge in [-0.05, 0) is 19.9 Å². The van der Waals surface area contributed by atoms with Crippen LogP contribution in [0.3, 0.4) is 0 Å². The number of anilines is 2. The maximum atomic E-state index is 6.24. The minimum absolute atomic E-state index is 0.263. The molecule has 1 aromatic rings. The molecule has 0 amide bonds. The van der Waals surface area contributed by atoms with Crippen molar-refractivity contribution in [3.05, 3.63) is 16.1 Å². The van der Waals surface area contributed by atoms with Crippen LogP contribution in [0.25, 0.3) is 0 Å². The molecule has 1 N–H and O–H groups in total. The van der Waals surface area contributed by atoms with Crippen molar-refractivity contribution in [3.8, 4) is 0 Å². The van der Waals surface area contributed by atoms with Gasteiger partial charge in [0.05, 0.1) is 29.3 Å². The van der Waals surface area contributed by atoms with E-state index < -0.39 is 0 Å². The molecule has 1 atom stereocenters. The molecule has 1 aliphatic rings. The summed E-state index contributed by atoms with van der Waals surface area (Å²) in [5, 5.41) is 4.26. The maximum Gasteiger partial charge on any atom is 0.150 e. The fourth-order valence-electron chi connectivity index (χ4n) is 1.99. The maximum absolute atomic E-state index is 6.24. The van der Waals surface area contributed by atoms with Gasteiger partial charge >= 0.3 is 0 Å². The highest BCUT2D eigenvalue weighted by Gasteiger charge is 2.23. The fourth-order valence-corrected chi connectivity index (χ4v) is 2.53. The van der Waals surface area contributed by atoms with Crippen LogP contribution in [0.1, 0.15) is 13.8 Å². The Morgan fingerprint density at radius 3 is 2.94 bits per heavy atom. The van der Waals surface area contributed by atoms with E-state index in [2.05, 4.69) is 22.1 Å². The quantitative estimate of drug-likeness (QED) is 0.928. The van der Waals surface area contributed by atoms with Crippen LogP contribution in [0.15, 0.2) is 6.07 Å². The molecule has 4 nitrogen and oxygen atoms in total. The molecule has 1 fully saturated rings. The molecule has 100 valence electrons. The summed E-state index contributed by atoms with van der Waals surface area (Å²) in [6, 6.07) is 2.01. The summed E-state index contributed by atoms with van der Waals surface area (Å²) >= 11 is 12.3. The summed E-state index contributed by atoms with van der Waals surface area (Å²) < 4.78 is 5.42. The molecular formula is C12H17Cl2N3O. The third-order valence-corrected chi connectivity index (χ3v) is 3.46. The van der Waals surface area contributed by atoms with Gasteiger partial charge in [-0.3, -0.25) is 0 Å². The zero-order valence-corrected chi connectivity index (χ0v) is 12.1. The Morgan fingerprint density at radius 1 is 1.50 bits per heavy atom. The van der Waals surface area contributed by atoms with E-state index >= 15 is 0 Å². The van der Waals surface area contributed by atoms with Crippen LogP contribution in [-0.4, -0.2) is 37.3 Å². The van der Waals surface area contributed by atoms with Gasteiger partial charge in [-0.1, -0.05) is 23.2 Å². The van der Waals surface area contributed by atoms with Crippen LogP contribution in [0, 0.1) is 0 Å². The van der Waals surface area contributed by atoms with Gasteiger partial charge < -0.3 is 15.0 Å². The Kier molecular flexibility index (Phi) is 4.54. The highest BCUT2D eigenvalue weighted by Crippen LogP contribution is 2.32. The van der Waals surface area contributed by atoms with Gasteiger partial charge in [0, 0.05) is 13.1 Å². The molecule has 0 aromatic carbocycles. The molecule has 0 spiro atoms. The molecule has 6 heteroatoms. The standard InChI is InChI=1S/C12H17Cl2N3O/c1-3-15-11-9(13)6-10(14)12(16-11)17-4-5-18-7-8(17)2/h6,8H,3-5,7H2,1-2H3,(H,15,16). The Hall–Kier alpha value is -0.710. The fraction of sp³-hybridized carbons (Fsp3) is 0.583. The van der Waals surface area contributed by atoms with E-state index in [1.807, 2.05) is 6.92 Å². The largest absolute Gasteiger partial charge is 0.377 e. The minimum atomic E-state index is 0.263. The predicted molar refractivity (Wildman–Crippen MR) is 76.0 cm³/mol. The summed E-state index contributed by atoms with van der Waals surface area (Å²) in [5.74, 6) is 1.45. The van der Waals surface area contributed by atoms with Gasteiger partial charge in [0.15, 0.2) is 0 Å². The topological polar surface area (TPSA) is 37.4 Å². The lowest BCUT2D eigenvalue weighted by Gasteiger charge is -2.35. The summed E-state index contributed by atoms with van der Waals surface area (Å²) in [5.41, 5.74) is 0. The van der Waals surface area contributed by atoms with Crippen molar-refractivity contribution >= 4 is 34.8 Å². The van der Waals surface area contributed by atoms with Crippen molar-refractivity contribution in [1.29, 1.82) is 0 Å². The van der Waals surface area contributed by atoms with Gasteiger partial charge in [0.1, 0.15) is 11.6 Å². The second-order valence-corrected chi connectivity index (χ2v) is 5.09. The molecule has 0 saturated carbocycles. The van der Waals surface area contributed by atoms with Gasteiger partial charge in [-0.15, -0.1) is 0 Å². The number of hydrogen-bond acceptors (Lipinski definition) is 4. The molecular weight excluding hydrogens is 273 g/mol. The number of ether oxygens (including phenoxy) is 1. The number of nitrogens with zero attached hydrogens (tertiary/aromatic N) is 2. The van der Waals surface area contributed by atoms with Crippen LogP contribution >= 0.6 is 23.2 Å². The van der Waals surface area contributed by atoms with Crippen molar-refractivity contribution in [2.45, 2.75) is 19.9 Å². The lowest BCUT2D eigenvalue weighted by Crippen LogP contribution is -2.44. The van der Waals surface area contributed by atoms with Gasteiger partial charge in [-0.2, -0.15) is 0 Å². The summed E-state index contributed by atoms with van der Waals surface area (Å²) in [6.07, 6.45) is 0. The average Bonchev–Trinajstić information content (AvgIpc) is 2.34. The summed E-state index contributed by atoms with van der Waals surface area (Å²) in [4.78, 5) is 6.69. The summed E-state index contributed by atoms with van der Waals surface area (Å²) in [7, 11) is 0. The highest BCUT2D eigenvalue weighted by molar-refractivity contribution is 6.37. The number of morpholine rings is 1. The molecule has 1 saturated heterocycles. The van der Waals surface area contributed by atoms with Gasteiger partial charge in [0.25, 0.3) is 0 Å². The molecule has 0 bridgehead atoms. The van der Waals surface area contributed by atoms with Crippen LogP contribution in [0.2, 0.25) is 10.0 Å². The Balaban J connectivity index is 2.33. The second-order valence-electron chi connectivity index (χ2n) is 4.27. The van der Waals surface area contributed by atoms with Gasteiger partial charge in [0.2, 0.25) is 0 Å². The molecule has 0 aliphatic carbocycles. The number of pyridine rings is 1. The molecule has 1 aromatic heterocycles. The Labute approximate surface area is 117 Å². The molecule has 2 heterocycles. The predicted octanol–water partition coefficient (Wildman–Crippen LogP) is 3.05. The number of hydrogen-bond donors (Lipinski definition) is 1. The number of halogens is 2. The smallest absolute Gasteiger partial charge is 0.150 e. The van der Waals surface area contributed by atoms with E-state index in [0.29, 0.717) is 29.1 Å². The highest BCUT2D eigenvalue weighted by atomic mass is 35.5. The Bertz CT molecular complexity index is 428. The zero-order chi connectivity index (χ0) is 13.1. The second kappa shape index (κ2) is 5.95. The number of nitrogens with one attached hydrogen (secondary N) is 1. The lowest BCUT2D eigenvalue weighted by atomic mass is 10.2. The molecule has 1 aliphatic heterocycles. The molecule has 2 rings (SSSR count). The van der Waals surface area contributed by atoms with Crippen molar-refractivity contribution < 1.29 is 4.74 Å². The third kappa shape index (κ3) is 2.82. The molecule has 1 unspecified atom stereocenters. The van der Waals surface area contributed by atoms with E-state index in [0.717, 1.165) is 18.9 Å². The van der Waals surface area contributed by atoms with E-state index in [-0.39, 0.29) is 6.04 Å². The van der Waals surface area contributed by atoms with Gasteiger partial charge in [-0.25, -0.2) is 4.98 Å². The first-order valence-corrected chi connectivity index (χ1v) is 6.83. The normalized spacial score (nSPS) is 20.0. The summed E-state index contributed by atoms with van der Waals surface area (Å²) in [6.45, 7) is 7.05. The van der Waals surface area contributed by atoms with Crippen LogP contribution in [0.4, 0.5) is 11.6 Å². The zero-order valence-electron chi connectivity index (χ0n) is 10.5. The van der Waals surface area contributed by atoms with Crippen molar-refractivity contribution in [1.82, 2.24) is 4.98 Å². The monoisotopic (exact) mass is 289 g/mol. The van der Waals surface area contributed by atoms with Crippen molar-refractivity contribution in [2.75, 3.05) is 36.5 Å². The van der Waals surface area contributed by atoms with E-state index in [1.165, 1.54) is 0 Å². The van der Waals surface area contributed by atoms with E-state index in [4.69, 9.17) is 27.9 Å². The van der Waals surface area contributed by atoms with E-state index in [9.17, 15) is 0 Å². The first-order chi connectivity index (χ1) is 8.63. The van der Waals surface area contributed by atoms with E-state index in [1.54, 1.807) is 6.07 Å². The van der Waals surface area contributed by atoms with Crippen molar-refractivity contribution in [2.24, 2.45) is 0 Å². The van der Waals surface area contributed by atoms with Crippen LogP contribution < -0.4 is 10.2 Å². The first kappa shape index (κ1) is 13.7. The first-order valence-electron chi connectivity index (χ1n) is 6.07. The molecule has 0 radical (unpaired) electrons. The van der Waals surface area contributed by atoms with Crippen LogP contribution in [-0.2, 0) is 4.74 Å². The number of rotatable bonds is 3. The third-order valence-electron chi connectivity index (χ3n) is 2.89. The van der Waals surface area contributed by atoms with Crippen LogP contribution in [0.5, 0.6) is 0 Å². The Morgan fingerprint density at radius 2 is 2.28 bits per heavy atom. The lowest BCUT2D eigenvalue weighted by molar-refractivity contribution is 0.0985.